The zero-order valence-electron chi connectivity index (χ0n) is 8.31. The van der Waals surface area contributed by atoms with Crippen LogP contribution in [0.25, 0.3) is 0 Å². The highest BCUT2D eigenvalue weighted by Crippen LogP contribution is 2.10. The molecule has 0 heterocycles. The number of nitrogens with one attached hydrogen (secondary N) is 2. The van der Waals surface area contributed by atoms with E-state index < -0.39 is 11.6 Å². The van der Waals surface area contributed by atoms with Crippen LogP contribution in [0.1, 0.15) is 5.56 Å². The van der Waals surface area contributed by atoms with Crippen molar-refractivity contribution < 1.29 is 13.6 Å². The van der Waals surface area contributed by atoms with E-state index in [0.29, 0.717) is 0 Å². The number of amides is 1. The lowest BCUT2D eigenvalue weighted by molar-refractivity contribution is -0.119. The van der Waals surface area contributed by atoms with Crippen molar-refractivity contribution in [3.05, 3.63) is 35.4 Å². The van der Waals surface area contributed by atoms with E-state index in [1.165, 1.54) is 25.2 Å². The summed E-state index contributed by atoms with van der Waals surface area (Å²) in [5, 5.41) is 5.03. The minimum absolute atomic E-state index is 0.00801. The number of benzene rings is 1. The van der Waals surface area contributed by atoms with Gasteiger partial charge in [0.2, 0.25) is 5.91 Å². The topological polar surface area (TPSA) is 41.1 Å². The SMILES string of the molecule is CNC(=O)CNCc1c(F)cccc1F. The fraction of sp³-hybridized carbons (Fsp3) is 0.300. The number of rotatable bonds is 4. The maximum absolute atomic E-state index is 13.1. The third kappa shape index (κ3) is 3.28. The Morgan fingerprint density at radius 3 is 2.47 bits per heavy atom. The van der Waals surface area contributed by atoms with Crippen molar-refractivity contribution in [3.8, 4) is 0 Å². The molecule has 0 spiro atoms. The Labute approximate surface area is 86.5 Å². The second kappa shape index (κ2) is 5.41. The van der Waals surface area contributed by atoms with E-state index >= 15 is 0 Å². The third-order valence-electron chi connectivity index (χ3n) is 1.93. The molecule has 0 radical (unpaired) electrons. The molecule has 5 heteroatoms. The molecule has 1 aromatic carbocycles. The average Bonchev–Trinajstić information content (AvgIpc) is 2.22. The van der Waals surface area contributed by atoms with Gasteiger partial charge in [0.05, 0.1) is 6.54 Å². The van der Waals surface area contributed by atoms with Crippen LogP contribution in [0.4, 0.5) is 8.78 Å². The van der Waals surface area contributed by atoms with Gasteiger partial charge in [0.25, 0.3) is 0 Å². The average molecular weight is 214 g/mol. The molecular weight excluding hydrogens is 202 g/mol. The van der Waals surface area contributed by atoms with Gasteiger partial charge >= 0.3 is 0 Å². The minimum Gasteiger partial charge on any atom is -0.358 e. The summed E-state index contributed by atoms with van der Waals surface area (Å²) < 4.78 is 26.2. The van der Waals surface area contributed by atoms with E-state index in [2.05, 4.69) is 10.6 Å². The zero-order chi connectivity index (χ0) is 11.3. The fourth-order valence-electron chi connectivity index (χ4n) is 1.09. The van der Waals surface area contributed by atoms with Crippen LogP contribution in [0.2, 0.25) is 0 Å². The molecule has 1 amide bonds. The summed E-state index contributed by atoms with van der Waals surface area (Å²) in [6, 6.07) is 3.66. The molecule has 1 rings (SSSR count). The number of hydrogen-bond acceptors (Lipinski definition) is 2. The molecule has 0 unspecified atom stereocenters. The predicted octanol–water partition coefficient (Wildman–Crippen LogP) is 0.800. The Kier molecular flexibility index (Phi) is 4.17. The van der Waals surface area contributed by atoms with Crippen molar-refractivity contribution in [2.75, 3.05) is 13.6 Å². The molecule has 0 saturated heterocycles. The molecule has 0 aliphatic carbocycles. The third-order valence-corrected chi connectivity index (χ3v) is 1.93. The first-order valence-corrected chi connectivity index (χ1v) is 4.49. The van der Waals surface area contributed by atoms with Gasteiger partial charge in [-0.3, -0.25) is 4.79 Å². The lowest BCUT2D eigenvalue weighted by Crippen LogP contribution is -2.31. The highest BCUT2D eigenvalue weighted by atomic mass is 19.1. The van der Waals surface area contributed by atoms with E-state index in [0.717, 1.165) is 0 Å². The molecule has 0 fully saturated rings. The van der Waals surface area contributed by atoms with Crippen LogP contribution in [0.15, 0.2) is 18.2 Å². The first-order valence-electron chi connectivity index (χ1n) is 4.49. The summed E-state index contributed by atoms with van der Waals surface area (Å²) in [6.07, 6.45) is 0. The van der Waals surface area contributed by atoms with E-state index in [1.54, 1.807) is 0 Å². The van der Waals surface area contributed by atoms with Gasteiger partial charge in [0.15, 0.2) is 0 Å². The van der Waals surface area contributed by atoms with Gasteiger partial charge < -0.3 is 10.6 Å². The number of carbonyl (C=O) groups is 1. The van der Waals surface area contributed by atoms with Crippen LogP contribution in [0.3, 0.4) is 0 Å². The number of halogens is 2. The highest BCUT2D eigenvalue weighted by Gasteiger charge is 2.07. The Hall–Kier alpha value is -1.49. The standard InChI is InChI=1S/C10H12F2N2O/c1-13-10(15)6-14-5-7-8(11)3-2-4-9(7)12/h2-4,14H,5-6H2,1H3,(H,13,15). The second-order valence-electron chi connectivity index (χ2n) is 2.98. The van der Waals surface area contributed by atoms with Gasteiger partial charge in [0, 0.05) is 19.2 Å². The molecule has 15 heavy (non-hydrogen) atoms. The summed E-state index contributed by atoms with van der Waals surface area (Å²) >= 11 is 0. The number of likely N-dealkylation sites (N-methyl/N-ethyl adjacent to an activating group) is 1. The van der Waals surface area contributed by atoms with Gasteiger partial charge in [-0.25, -0.2) is 8.78 Å². The number of hydrogen-bond donors (Lipinski definition) is 2. The fourth-order valence-corrected chi connectivity index (χ4v) is 1.09. The van der Waals surface area contributed by atoms with Crippen molar-refractivity contribution in [2.24, 2.45) is 0 Å². The smallest absolute Gasteiger partial charge is 0.233 e. The first-order chi connectivity index (χ1) is 7.15. The maximum atomic E-state index is 13.1. The normalized spacial score (nSPS) is 10.1. The van der Waals surface area contributed by atoms with Crippen molar-refractivity contribution in [1.29, 1.82) is 0 Å². The van der Waals surface area contributed by atoms with Crippen LogP contribution < -0.4 is 10.6 Å². The molecule has 82 valence electrons. The molecule has 0 aromatic heterocycles. The van der Waals surface area contributed by atoms with E-state index in [4.69, 9.17) is 0 Å². The molecule has 0 saturated carbocycles. The van der Waals surface area contributed by atoms with Gasteiger partial charge in [0.1, 0.15) is 11.6 Å². The van der Waals surface area contributed by atoms with Crippen molar-refractivity contribution in [1.82, 2.24) is 10.6 Å². The maximum Gasteiger partial charge on any atom is 0.233 e. The van der Waals surface area contributed by atoms with Gasteiger partial charge in [-0.2, -0.15) is 0 Å². The summed E-state index contributed by atoms with van der Waals surface area (Å²) in [7, 11) is 1.49. The van der Waals surface area contributed by atoms with Crippen LogP contribution in [-0.2, 0) is 11.3 Å². The first kappa shape index (κ1) is 11.6. The predicted molar refractivity (Wildman–Crippen MR) is 52.1 cm³/mol. The minimum atomic E-state index is -0.612. The number of carbonyl (C=O) groups excluding carboxylic acids is 1. The van der Waals surface area contributed by atoms with Crippen LogP contribution in [-0.4, -0.2) is 19.5 Å². The van der Waals surface area contributed by atoms with Crippen molar-refractivity contribution in [3.63, 3.8) is 0 Å². The molecule has 2 N–H and O–H groups in total. The molecule has 3 nitrogen and oxygen atoms in total. The summed E-state index contributed by atoms with van der Waals surface area (Å²) in [6.45, 7) is 0.0240. The van der Waals surface area contributed by atoms with Crippen molar-refractivity contribution >= 4 is 5.91 Å². The molecule has 0 aliphatic heterocycles. The lowest BCUT2D eigenvalue weighted by atomic mass is 10.2. The summed E-state index contributed by atoms with van der Waals surface area (Å²) in [4.78, 5) is 10.8. The van der Waals surface area contributed by atoms with E-state index in [1.807, 2.05) is 0 Å². The van der Waals surface area contributed by atoms with E-state index in [9.17, 15) is 13.6 Å². The molecule has 1 aromatic rings. The lowest BCUT2D eigenvalue weighted by Gasteiger charge is -2.06. The highest BCUT2D eigenvalue weighted by molar-refractivity contribution is 5.77. The Morgan fingerprint density at radius 2 is 1.93 bits per heavy atom. The molecule has 0 bridgehead atoms. The van der Waals surface area contributed by atoms with Gasteiger partial charge in [-0.05, 0) is 12.1 Å². The molecule has 0 aliphatic rings. The van der Waals surface area contributed by atoms with Crippen LogP contribution >= 0.6 is 0 Å². The Bertz CT molecular complexity index is 335. The van der Waals surface area contributed by atoms with Gasteiger partial charge in [-0.15, -0.1) is 0 Å². The molecular formula is C10H12F2N2O. The molecule has 0 atom stereocenters. The second-order valence-corrected chi connectivity index (χ2v) is 2.98. The van der Waals surface area contributed by atoms with E-state index in [-0.39, 0.29) is 24.6 Å². The van der Waals surface area contributed by atoms with Crippen LogP contribution in [0, 0.1) is 11.6 Å². The Morgan fingerprint density at radius 1 is 1.33 bits per heavy atom. The summed E-state index contributed by atoms with van der Waals surface area (Å²) in [5.41, 5.74) is -0.0543. The summed E-state index contributed by atoms with van der Waals surface area (Å²) in [5.74, 6) is -1.45. The zero-order valence-corrected chi connectivity index (χ0v) is 8.31. The van der Waals surface area contributed by atoms with Gasteiger partial charge in [-0.1, -0.05) is 6.07 Å². The monoisotopic (exact) mass is 214 g/mol. The van der Waals surface area contributed by atoms with Crippen molar-refractivity contribution in [2.45, 2.75) is 6.54 Å². The quantitative estimate of drug-likeness (QED) is 0.778. The van der Waals surface area contributed by atoms with Crippen LogP contribution in [0.5, 0.6) is 0 Å². The Balaban J connectivity index is 2.54. The largest absolute Gasteiger partial charge is 0.358 e.